The smallest absolute Gasteiger partial charge is 0.220 e. The summed E-state index contributed by atoms with van der Waals surface area (Å²) in [4.78, 5) is 12.7. The van der Waals surface area contributed by atoms with Crippen LogP contribution in [0.3, 0.4) is 0 Å². The topological polar surface area (TPSA) is 41.1 Å². The lowest BCUT2D eigenvalue weighted by Gasteiger charge is -2.33. The molecule has 1 amide bonds. The first kappa shape index (κ1) is 17.4. The number of hydrogen-bond donors (Lipinski definition) is 2. The maximum absolute atomic E-state index is 13.2. The average Bonchev–Trinajstić information content (AvgIpc) is 3.05. The molecule has 1 heterocycles. The molecule has 4 heteroatoms. The number of carbonyl (C=O) groups excluding carboxylic acids is 1. The molecule has 24 heavy (non-hydrogen) atoms. The summed E-state index contributed by atoms with van der Waals surface area (Å²) in [5.74, 6) is 0.978. The van der Waals surface area contributed by atoms with Gasteiger partial charge in [0, 0.05) is 6.42 Å². The first-order valence-corrected chi connectivity index (χ1v) is 9.37. The fourth-order valence-electron chi connectivity index (χ4n) is 4.42. The quantitative estimate of drug-likeness (QED) is 0.862. The highest BCUT2D eigenvalue weighted by Crippen LogP contribution is 2.39. The van der Waals surface area contributed by atoms with Gasteiger partial charge in [0.25, 0.3) is 0 Å². The molecule has 1 unspecified atom stereocenters. The molecule has 2 N–H and O–H groups in total. The Morgan fingerprint density at radius 2 is 1.88 bits per heavy atom. The second-order valence-electron chi connectivity index (χ2n) is 7.61. The summed E-state index contributed by atoms with van der Waals surface area (Å²) in [6.07, 6.45) is 7.05. The summed E-state index contributed by atoms with van der Waals surface area (Å²) in [6, 6.07) is 6.66. The van der Waals surface area contributed by atoms with E-state index in [1.807, 2.05) is 12.1 Å². The summed E-state index contributed by atoms with van der Waals surface area (Å²) in [6.45, 7) is 4.33. The second kappa shape index (κ2) is 7.64. The molecular weight excluding hydrogens is 303 g/mol. The van der Waals surface area contributed by atoms with Crippen LogP contribution in [0.5, 0.6) is 0 Å². The highest BCUT2D eigenvalue weighted by atomic mass is 19.1. The molecule has 3 nitrogen and oxygen atoms in total. The van der Waals surface area contributed by atoms with Crippen molar-refractivity contribution in [3.63, 3.8) is 0 Å². The fourth-order valence-corrected chi connectivity index (χ4v) is 4.42. The molecule has 132 valence electrons. The standard InChI is InChI=1S/C20H29FN2O/c1-15(16-8-12-22-13-9-16)14-19(24)23-20(10-2-3-11-20)17-4-6-18(21)7-5-17/h4-7,15-16,22H,2-3,8-14H2,1H3,(H,23,24). The minimum absolute atomic E-state index is 0.146. The Balaban J connectivity index is 1.64. The van der Waals surface area contributed by atoms with Crippen molar-refractivity contribution in [2.24, 2.45) is 11.8 Å². The summed E-state index contributed by atoms with van der Waals surface area (Å²) in [5, 5.41) is 6.70. The Morgan fingerprint density at radius 3 is 2.50 bits per heavy atom. The molecular formula is C20H29FN2O. The van der Waals surface area contributed by atoms with E-state index in [-0.39, 0.29) is 17.3 Å². The van der Waals surface area contributed by atoms with Crippen LogP contribution >= 0.6 is 0 Å². The van der Waals surface area contributed by atoms with Crippen LogP contribution in [-0.2, 0) is 10.3 Å². The molecule has 2 fully saturated rings. The van der Waals surface area contributed by atoms with Gasteiger partial charge in [0.1, 0.15) is 5.82 Å². The van der Waals surface area contributed by atoms with Crippen LogP contribution < -0.4 is 10.6 Å². The predicted molar refractivity (Wildman–Crippen MR) is 94.1 cm³/mol. The van der Waals surface area contributed by atoms with Crippen molar-refractivity contribution >= 4 is 5.91 Å². The molecule has 1 atom stereocenters. The van der Waals surface area contributed by atoms with Gasteiger partial charge in [-0.2, -0.15) is 0 Å². The molecule has 0 spiro atoms. The first-order valence-electron chi connectivity index (χ1n) is 9.37. The van der Waals surface area contributed by atoms with Gasteiger partial charge in [-0.25, -0.2) is 4.39 Å². The molecule has 1 aliphatic heterocycles. The number of halogens is 1. The summed E-state index contributed by atoms with van der Waals surface area (Å²) in [5.41, 5.74) is 0.753. The van der Waals surface area contributed by atoms with Crippen LogP contribution in [0.2, 0.25) is 0 Å². The Kier molecular flexibility index (Phi) is 5.54. The van der Waals surface area contributed by atoms with Gasteiger partial charge >= 0.3 is 0 Å². The SMILES string of the molecule is CC(CC(=O)NC1(c2ccc(F)cc2)CCCC1)C1CCNCC1. The minimum Gasteiger partial charge on any atom is -0.347 e. The number of benzene rings is 1. The lowest BCUT2D eigenvalue weighted by molar-refractivity contribution is -0.124. The Morgan fingerprint density at radius 1 is 1.25 bits per heavy atom. The average molecular weight is 332 g/mol. The number of hydrogen-bond acceptors (Lipinski definition) is 2. The highest BCUT2D eigenvalue weighted by Gasteiger charge is 2.37. The predicted octanol–water partition coefficient (Wildman–Crippen LogP) is 3.74. The molecule has 0 aromatic heterocycles. The van der Waals surface area contributed by atoms with E-state index in [9.17, 15) is 9.18 Å². The van der Waals surface area contributed by atoms with Gasteiger partial charge in [-0.1, -0.05) is 31.9 Å². The number of rotatable bonds is 5. The van der Waals surface area contributed by atoms with Gasteiger partial charge < -0.3 is 10.6 Å². The summed E-state index contributed by atoms with van der Waals surface area (Å²) < 4.78 is 13.2. The minimum atomic E-state index is -0.293. The molecule has 1 saturated carbocycles. The van der Waals surface area contributed by atoms with Crippen molar-refractivity contribution in [3.8, 4) is 0 Å². The van der Waals surface area contributed by atoms with Gasteiger partial charge in [0.05, 0.1) is 5.54 Å². The third kappa shape index (κ3) is 3.97. The zero-order chi connectivity index (χ0) is 17.0. The van der Waals surface area contributed by atoms with Gasteiger partial charge in [0.2, 0.25) is 5.91 Å². The molecule has 1 aliphatic carbocycles. The van der Waals surface area contributed by atoms with Crippen molar-refractivity contribution in [1.82, 2.24) is 10.6 Å². The van der Waals surface area contributed by atoms with E-state index in [1.165, 1.54) is 12.1 Å². The number of piperidine rings is 1. The lowest BCUT2D eigenvalue weighted by atomic mass is 9.83. The van der Waals surface area contributed by atoms with E-state index in [0.717, 1.165) is 57.2 Å². The number of carbonyl (C=O) groups is 1. The van der Waals surface area contributed by atoms with Crippen molar-refractivity contribution in [1.29, 1.82) is 0 Å². The van der Waals surface area contributed by atoms with E-state index in [1.54, 1.807) is 0 Å². The maximum Gasteiger partial charge on any atom is 0.220 e. The van der Waals surface area contributed by atoms with Crippen LogP contribution in [0.15, 0.2) is 24.3 Å². The Bertz CT molecular complexity index is 545. The molecule has 1 saturated heterocycles. The third-order valence-corrected chi connectivity index (χ3v) is 5.93. The van der Waals surface area contributed by atoms with Crippen molar-refractivity contribution in [3.05, 3.63) is 35.6 Å². The van der Waals surface area contributed by atoms with Gasteiger partial charge in [-0.05, 0) is 68.3 Å². The third-order valence-electron chi connectivity index (χ3n) is 5.93. The van der Waals surface area contributed by atoms with E-state index < -0.39 is 0 Å². The molecule has 1 aromatic carbocycles. The molecule has 1 aromatic rings. The van der Waals surface area contributed by atoms with Gasteiger partial charge in [-0.15, -0.1) is 0 Å². The monoisotopic (exact) mass is 332 g/mol. The van der Waals surface area contributed by atoms with Crippen molar-refractivity contribution in [2.75, 3.05) is 13.1 Å². The van der Waals surface area contributed by atoms with Gasteiger partial charge in [-0.3, -0.25) is 4.79 Å². The Labute approximate surface area is 144 Å². The lowest BCUT2D eigenvalue weighted by Crippen LogP contribution is -2.44. The van der Waals surface area contributed by atoms with Crippen LogP contribution in [0.25, 0.3) is 0 Å². The van der Waals surface area contributed by atoms with E-state index in [2.05, 4.69) is 17.6 Å². The Hall–Kier alpha value is -1.42. The van der Waals surface area contributed by atoms with Crippen LogP contribution in [-0.4, -0.2) is 19.0 Å². The largest absolute Gasteiger partial charge is 0.347 e. The second-order valence-corrected chi connectivity index (χ2v) is 7.61. The van der Waals surface area contributed by atoms with E-state index in [4.69, 9.17) is 0 Å². The van der Waals surface area contributed by atoms with Gasteiger partial charge in [0.15, 0.2) is 0 Å². The number of nitrogens with one attached hydrogen (secondary N) is 2. The van der Waals surface area contributed by atoms with Crippen molar-refractivity contribution in [2.45, 2.75) is 57.4 Å². The molecule has 0 bridgehead atoms. The van der Waals surface area contributed by atoms with Crippen LogP contribution in [0.4, 0.5) is 4.39 Å². The summed E-state index contributed by atoms with van der Waals surface area (Å²) >= 11 is 0. The zero-order valence-corrected chi connectivity index (χ0v) is 14.6. The van der Waals surface area contributed by atoms with Crippen LogP contribution in [0, 0.1) is 17.7 Å². The molecule has 3 rings (SSSR count). The zero-order valence-electron chi connectivity index (χ0n) is 14.6. The normalized spacial score (nSPS) is 22.2. The number of amides is 1. The van der Waals surface area contributed by atoms with E-state index >= 15 is 0 Å². The van der Waals surface area contributed by atoms with Crippen LogP contribution in [0.1, 0.15) is 57.4 Å². The highest BCUT2D eigenvalue weighted by molar-refractivity contribution is 5.77. The molecule has 0 radical (unpaired) electrons. The molecule has 2 aliphatic rings. The maximum atomic E-state index is 13.2. The fraction of sp³-hybridized carbons (Fsp3) is 0.650. The van der Waals surface area contributed by atoms with Crippen molar-refractivity contribution < 1.29 is 9.18 Å². The first-order chi connectivity index (χ1) is 11.6. The van der Waals surface area contributed by atoms with E-state index in [0.29, 0.717) is 18.3 Å². The summed E-state index contributed by atoms with van der Waals surface area (Å²) in [7, 11) is 0.